The van der Waals surface area contributed by atoms with Crippen molar-refractivity contribution in [3.63, 3.8) is 0 Å². The molecule has 1 heterocycles. The van der Waals surface area contributed by atoms with Gasteiger partial charge in [-0.2, -0.15) is 0 Å². The molecule has 0 unspecified atom stereocenters. The first-order valence-corrected chi connectivity index (χ1v) is 7.22. The van der Waals surface area contributed by atoms with E-state index in [-0.39, 0.29) is 11.9 Å². The lowest BCUT2D eigenvalue weighted by molar-refractivity contribution is -0.149. The van der Waals surface area contributed by atoms with E-state index in [0.29, 0.717) is 32.0 Å². The molecule has 2 N–H and O–H groups in total. The van der Waals surface area contributed by atoms with Crippen LogP contribution in [0.25, 0.3) is 0 Å². The Kier molecular flexibility index (Phi) is 4.02. The fourth-order valence-electron chi connectivity index (χ4n) is 3.37. The smallest absolute Gasteiger partial charge is 0.317 e. The van der Waals surface area contributed by atoms with E-state index in [1.165, 1.54) is 0 Å². The summed E-state index contributed by atoms with van der Waals surface area (Å²) in [5.74, 6) is -0.0306. The van der Waals surface area contributed by atoms with Gasteiger partial charge in [0, 0.05) is 19.6 Å². The van der Waals surface area contributed by atoms with Crippen LogP contribution in [0.3, 0.4) is 0 Å². The summed E-state index contributed by atoms with van der Waals surface area (Å²) in [5.41, 5.74) is -0.671. The van der Waals surface area contributed by atoms with Crippen LogP contribution in [0.4, 0.5) is 4.79 Å². The molecular weight excluding hydrogens is 244 g/mol. The Morgan fingerprint density at radius 3 is 2.79 bits per heavy atom. The van der Waals surface area contributed by atoms with Crippen molar-refractivity contribution in [1.29, 1.82) is 0 Å². The van der Waals surface area contributed by atoms with E-state index in [2.05, 4.69) is 19.2 Å². The number of carbonyl (C=O) groups excluding carboxylic acids is 1. The van der Waals surface area contributed by atoms with Gasteiger partial charge in [0.1, 0.15) is 0 Å². The van der Waals surface area contributed by atoms with E-state index >= 15 is 0 Å². The monoisotopic (exact) mass is 268 g/mol. The molecule has 0 bridgehead atoms. The van der Waals surface area contributed by atoms with Crippen LogP contribution >= 0.6 is 0 Å². The summed E-state index contributed by atoms with van der Waals surface area (Å²) in [4.78, 5) is 25.3. The minimum atomic E-state index is -0.729. The van der Waals surface area contributed by atoms with Gasteiger partial charge < -0.3 is 15.3 Å². The van der Waals surface area contributed by atoms with Gasteiger partial charge in [-0.05, 0) is 31.1 Å². The molecule has 2 amide bonds. The molecule has 2 fully saturated rings. The number of carboxylic acids is 1. The Balaban J connectivity index is 1.90. The minimum absolute atomic E-state index is 0.101. The summed E-state index contributed by atoms with van der Waals surface area (Å²) >= 11 is 0. The van der Waals surface area contributed by atoms with E-state index in [4.69, 9.17) is 0 Å². The van der Waals surface area contributed by atoms with Gasteiger partial charge in [0.25, 0.3) is 0 Å². The number of nitrogens with zero attached hydrogens (tertiary/aromatic N) is 1. The van der Waals surface area contributed by atoms with Crippen molar-refractivity contribution < 1.29 is 14.7 Å². The van der Waals surface area contributed by atoms with Crippen LogP contribution < -0.4 is 5.32 Å². The van der Waals surface area contributed by atoms with Crippen LogP contribution in [0.15, 0.2) is 0 Å². The Morgan fingerprint density at radius 1 is 1.47 bits per heavy atom. The van der Waals surface area contributed by atoms with Gasteiger partial charge in [-0.1, -0.05) is 20.3 Å². The van der Waals surface area contributed by atoms with Crippen LogP contribution in [0.1, 0.15) is 39.5 Å². The van der Waals surface area contributed by atoms with Gasteiger partial charge >= 0.3 is 12.0 Å². The number of aliphatic carboxylic acids is 1. The lowest BCUT2D eigenvalue weighted by Crippen LogP contribution is -2.42. The summed E-state index contributed by atoms with van der Waals surface area (Å²) < 4.78 is 0. The first kappa shape index (κ1) is 14.2. The van der Waals surface area contributed by atoms with Crippen molar-refractivity contribution in [3.8, 4) is 0 Å². The molecule has 1 aliphatic carbocycles. The van der Waals surface area contributed by atoms with Crippen LogP contribution in [-0.4, -0.2) is 41.6 Å². The third-order valence-electron chi connectivity index (χ3n) is 4.58. The highest BCUT2D eigenvalue weighted by Crippen LogP contribution is 2.48. The molecule has 5 heteroatoms. The fourth-order valence-corrected chi connectivity index (χ4v) is 3.37. The zero-order valence-electron chi connectivity index (χ0n) is 11.8. The maximum absolute atomic E-state index is 12.0. The number of carbonyl (C=O) groups is 2. The fraction of sp³-hybridized carbons (Fsp3) is 0.857. The molecule has 0 aromatic rings. The third kappa shape index (κ3) is 2.69. The lowest BCUT2D eigenvalue weighted by atomic mass is 9.81. The molecule has 1 aliphatic heterocycles. The molecule has 108 valence electrons. The first-order valence-electron chi connectivity index (χ1n) is 7.22. The SMILES string of the molecule is CC(C)CCNC(=O)N1C[C@@H]2CCC[C@@]2(C(=O)O)C1. The zero-order valence-corrected chi connectivity index (χ0v) is 11.8. The Hall–Kier alpha value is -1.26. The number of nitrogens with one attached hydrogen (secondary N) is 1. The van der Waals surface area contributed by atoms with Crippen LogP contribution in [0, 0.1) is 17.3 Å². The molecule has 0 aromatic carbocycles. The number of rotatable bonds is 4. The van der Waals surface area contributed by atoms with Crippen molar-refractivity contribution in [3.05, 3.63) is 0 Å². The van der Waals surface area contributed by atoms with Gasteiger partial charge in [-0.3, -0.25) is 4.79 Å². The Morgan fingerprint density at radius 2 is 2.21 bits per heavy atom. The topological polar surface area (TPSA) is 69.6 Å². The molecule has 2 rings (SSSR count). The van der Waals surface area contributed by atoms with Crippen molar-refractivity contribution >= 4 is 12.0 Å². The van der Waals surface area contributed by atoms with Crippen LogP contribution in [0.2, 0.25) is 0 Å². The van der Waals surface area contributed by atoms with E-state index in [1.54, 1.807) is 4.90 Å². The second kappa shape index (κ2) is 5.39. The molecule has 2 aliphatic rings. The first-order chi connectivity index (χ1) is 8.95. The number of hydrogen-bond donors (Lipinski definition) is 2. The highest BCUT2D eigenvalue weighted by atomic mass is 16.4. The van der Waals surface area contributed by atoms with E-state index in [0.717, 1.165) is 19.3 Å². The van der Waals surface area contributed by atoms with E-state index in [1.807, 2.05) is 0 Å². The average Bonchev–Trinajstić information content (AvgIpc) is 2.84. The van der Waals surface area contributed by atoms with E-state index in [9.17, 15) is 14.7 Å². The Labute approximate surface area is 114 Å². The maximum atomic E-state index is 12.0. The second-order valence-electron chi connectivity index (χ2n) is 6.35. The van der Waals surface area contributed by atoms with Crippen molar-refractivity contribution in [2.45, 2.75) is 39.5 Å². The van der Waals surface area contributed by atoms with Gasteiger partial charge in [-0.15, -0.1) is 0 Å². The van der Waals surface area contributed by atoms with Crippen molar-refractivity contribution in [2.75, 3.05) is 19.6 Å². The number of hydrogen-bond acceptors (Lipinski definition) is 2. The normalized spacial score (nSPS) is 29.6. The summed E-state index contributed by atoms with van der Waals surface area (Å²) in [5, 5.41) is 12.4. The molecule has 5 nitrogen and oxygen atoms in total. The molecule has 19 heavy (non-hydrogen) atoms. The molecule has 2 atom stereocenters. The third-order valence-corrected chi connectivity index (χ3v) is 4.58. The van der Waals surface area contributed by atoms with Gasteiger partial charge in [0.05, 0.1) is 5.41 Å². The van der Waals surface area contributed by atoms with E-state index < -0.39 is 11.4 Å². The van der Waals surface area contributed by atoms with Crippen molar-refractivity contribution in [1.82, 2.24) is 10.2 Å². The highest BCUT2D eigenvalue weighted by Gasteiger charge is 2.55. The van der Waals surface area contributed by atoms with Crippen LogP contribution in [0.5, 0.6) is 0 Å². The number of likely N-dealkylation sites (tertiary alicyclic amines) is 1. The number of carboxylic acid groups (broad SMARTS) is 1. The molecule has 0 radical (unpaired) electrons. The largest absolute Gasteiger partial charge is 0.481 e. The number of amides is 2. The maximum Gasteiger partial charge on any atom is 0.317 e. The van der Waals surface area contributed by atoms with Gasteiger partial charge in [0.15, 0.2) is 0 Å². The predicted molar refractivity (Wildman–Crippen MR) is 71.8 cm³/mol. The summed E-state index contributed by atoms with van der Waals surface area (Å²) in [6.07, 6.45) is 3.57. The number of urea groups is 1. The quantitative estimate of drug-likeness (QED) is 0.818. The van der Waals surface area contributed by atoms with Gasteiger partial charge in [0.2, 0.25) is 0 Å². The molecular formula is C14H24N2O3. The van der Waals surface area contributed by atoms with Gasteiger partial charge in [-0.25, -0.2) is 4.79 Å². The minimum Gasteiger partial charge on any atom is -0.481 e. The molecule has 0 spiro atoms. The highest BCUT2D eigenvalue weighted by molar-refractivity contribution is 5.80. The average molecular weight is 268 g/mol. The predicted octanol–water partition coefficient (Wildman–Crippen LogP) is 1.93. The van der Waals surface area contributed by atoms with Crippen molar-refractivity contribution in [2.24, 2.45) is 17.3 Å². The molecule has 1 saturated heterocycles. The zero-order chi connectivity index (χ0) is 14.0. The molecule has 1 saturated carbocycles. The molecule has 0 aromatic heterocycles. The lowest BCUT2D eigenvalue weighted by Gasteiger charge is -2.23. The summed E-state index contributed by atoms with van der Waals surface area (Å²) in [6, 6.07) is -0.101. The summed E-state index contributed by atoms with van der Waals surface area (Å²) in [6.45, 7) is 5.87. The summed E-state index contributed by atoms with van der Waals surface area (Å²) in [7, 11) is 0. The van der Waals surface area contributed by atoms with Crippen LogP contribution in [-0.2, 0) is 4.79 Å². The Bertz CT molecular complexity index is 370. The standard InChI is InChI=1S/C14H24N2O3/c1-10(2)5-7-15-13(19)16-8-11-4-3-6-14(11,9-16)12(17)18/h10-11H,3-9H2,1-2H3,(H,15,19)(H,17,18)/t11-,14+/m0/s1. The number of fused-ring (bicyclic) bond motifs is 1. The second-order valence-corrected chi connectivity index (χ2v) is 6.35.